The van der Waals surface area contributed by atoms with E-state index in [0.717, 1.165) is 0 Å². The molecule has 16 heavy (non-hydrogen) atoms. The summed E-state index contributed by atoms with van der Waals surface area (Å²) in [5.41, 5.74) is 5.43. The predicted molar refractivity (Wildman–Crippen MR) is 64.3 cm³/mol. The van der Waals surface area contributed by atoms with E-state index < -0.39 is 6.04 Å². The molecule has 1 saturated heterocycles. The highest BCUT2D eigenvalue weighted by atomic mass is 35.5. The number of nitrogens with two attached hydrogens (primary N) is 1. The number of halogens is 1. The third kappa shape index (κ3) is 3.64. The van der Waals surface area contributed by atoms with Gasteiger partial charge in [0, 0.05) is 19.0 Å². The van der Waals surface area contributed by atoms with E-state index in [-0.39, 0.29) is 36.3 Å². The number of hydrogen-bond donors (Lipinski definition) is 2. The van der Waals surface area contributed by atoms with Crippen LogP contribution in [0, 0.1) is 0 Å². The van der Waals surface area contributed by atoms with Crippen molar-refractivity contribution in [1.29, 1.82) is 0 Å². The summed E-state index contributed by atoms with van der Waals surface area (Å²) in [6.07, 6.45) is 0.386. The molecule has 1 rings (SSSR count). The van der Waals surface area contributed by atoms with Gasteiger partial charge in [0.1, 0.15) is 0 Å². The maximum atomic E-state index is 11.5. The van der Waals surface area contributed by atoms with E-state index in [9.17, 15) is 9.59 Å². The molecule has 1 aliphatic rings. The second-order valence-corrected chi connectivity index (χ2v) is 4.34. The third-order valence-corrected chi connectivity index (χ3v) is 2.54. The third-order valence-electron chi connectivity index (χ3n) is 2.54. The first-order chi connectivity index (χ1) is 6.91. The minimum atomic E-state index is -0.520. The number of likely N-dealkylation sites (tertiary alicyclic amines) is 1. The maximum absolute atomic E-state index is 11.5. The first-order valence-corrected chi connectivity index (χ1v) is 5.27. The van der Waals surface area contributed by atoms with Gasteiger partial charge in [-0.15, -0.1) is 12.4 Å². The average molecular weight is 250 g/mol. The number of hydrogen-bond acceptors (Lipinski definition) is 3. The monoisotopic (exact) mass is 249 g/mol. The Balaban J connectivity index is 0.00000225. The summed E-state index contributed by atoms with van der Waals surface area (Å²) < 4.78 is 0. The van der Waals surface area contributed by atoms with Crippen LogP contribution in [0.3, 0.4) is 0 Å². The van der Waals surface area contributed by atoms with Crippen LogP contribution in [0.5, 0.6) is 0 Å². The Morgan fingerprint density at radius 1 is 1.50 bits per heavy atom. The minimum Gasteiger partial charge on any atom is -0.350 e. The molecule has 3 N–H and O–H groups in total. The van der Waals surface area contributed by atoms with Crippen LogP contribution in [0.4, 0.5) is 0 Å². The molecule has 0 radical (unpaired) electrons. The van der Waals surface area contributed by atoms with Gasteiger partial charge in [-0.1, -0.05) is 0 Å². The molecule has 0 aliphatic carbocycles. The van der Waals surface area contributed by atoms with Gasteiger partial charge >= 0.3 is 0 Å². The normalized spacial score (nSPS) is 21.9. The van der Waals surface area contributed by atoms with Gasteiger partial charge in [0.2, 0.25) is 11.8 Å². The quantitative estimate of drug-likeness (QED) is 0.732. The fourth-order valence-electron chi connectivity index (χ4n) is 1.66. The van der Waals surface area contributed by atoms with E-state index in [1.165, 1.54) is 0 Å². The van der Waals surface area contributed by atoms with Crippen molar-refractivity contribution in [2.45, 2.75) is 45.3 Å². The molecule has 1 fully saturated rings. The van der Waals surface area contributed by atoms with Crippen LogP contribution in [0.1, 0.15) is 27.2 Å². The van der Waals surface area contributed by atoms with Crippen molar-refractivity contribution in [3.8, 4) is 0 Å². The van der Waals surface area contributed by atoms with Gasteiger partial charge in [0.25, 0.3) is 0 Å². The summed E-state index contributed by atoms with van der Waals surface area (Å²) in [6.45, 7) is 6.16. The van der Waals surface area contributed by atoms with E-state index in [4.69, 9.17) is 5.73 Å². The van der Waals surface area contributed by atoms with Crippen LogP contribution in [0.15, 0.2) is 0 Å². The lowest BCUT2D eigenvalue weighted by atomic mass is 10.2. The molecule has 2 unspecified atom stereocenters. The van der Waals surface area contributed by atoms with Gasteiger partial charge in [-0.05, 0) is 20.8 Å². The summed E-state index contributed by atoms with van der Waals surface area (Å²) >= 11 is 0. The van der Waals surface area contributed by atoms with Crippen molar-refractivity contribution in [3.05, 3.63) is 0 Å². The van der Waals surface area contributed by atoms with Crippen LogP contribution in [-0.2, 0) is 9.59 Å². The lowest BCUT2D eigenvalue weighted by Gasteiger charge is -2.21. The van der Waals surface area contributed by atoms with Gasteiger partial charge in [-0.2, -0.15) is 0 Å². The Labute approximate surface area is 102 Å². The molecular formula is C10H20ClN3O2. The largest absolute Gasteiger partial charge is 0.350 e. The number of amides is 2. The number of nitrogens with zero attached hydrogens (tertiary/aromatic N) is 1. The Kier molecular flexibility index (Phi) is 5.75. The minimum absolute atomic E-state index is 0. The van der Waals surface area contributed by atoms with Crippen LogP contribution in [0.25, 0.3) is 0 Å². The summed E-state index contributed by atoms with van der Waals surface area (Å²) in [7, 11) is 0. The van der Waals surface area contributed by atoms with Crippen LogP contribution in [-0.4, -0.2) is 41.4 Å². The van der Waals surface area contributed by atoms with Crippen molar-refractivity contribution < 1.29 is 9.59 Å². The highest BCUT2D eigenvalue weighted by Gasteiger charge is 2.32. The van der Waals surface area contributed by atoms with E-state index in [0.29, 0.717) is 13.0 Å². The maximum Gasteiger partial charge on any atom is 0.236 e. The molecule has 1 aliphatic heterocycles. The van der Waals surface area contributed by atoms with E-state index >= 15 is 0 Å². The van der Waals surface area contributed by atoms with Crippen LogP contribution < -0.4 is 11.1 Å². The SMILES string of the molecule is CC(N)C(=O)NC1CC(=O)N(C(C)C)C1.Cl. The van der Waals surface area contributed by atoms with Crippen LogP contribution in [0.2, 0.25) is 0 Å². The fraction of sp³-hybridized carbons (Fsp3) is 0.800. The molecule has 6 heteroatoms. The van der Waals surface area contributed by atoms with Crippen molar-refractivity contribution in [3.63, 3.8) is 0 Å². The van der Waals surface area contributed by atoms with Gasteiger partial charge in [-0.3, -0.25) is 9.59 Å². The Hall–Kier alpha value is -0.810. The van der Waals surface area contributed by atoms with Gasteiger partial charge < -0.3 is 16.0 Å². The van der Waals surface area contributed by atoms with E-state index in [1.807, 2.05) is 13.8 Å². The first kappa shape index (κ1) is 15.2. The molecule has 2 amide bonds. The zero-order valence-electron chi connectivity index (χ0n) is 9.90. The molecule has 0 bridgehead atoms. The molecule has 0 aromatic rings. The summed E-state index contributed by atoms with van der Waals surface area (Å²) in [6, 6.07) is -0.415. The van der Waals surface area contributed by atoms with Gasteiger partial charge in [0.15, 0.2) is 0 Å². The highest BCUT2D eigenvalue weighted by molar-refractivity contribution is 5.85. The summed E-state index contributed by atoms with van der Waals surface area (Å²) in [4.78, 5) is 24.6. The number of rotatable bonds is 3. The standard InChI is InChI=1S/C10H19N3O2.ClH/c1-6(2)13-5-8(4-9(13)14)12-10(15)7(3)11;/h6-8H,4-5,11H2,1-3H3,(H,12,15);1H. The molecule has 1 heterocycles. The second-order valence-electron chi connectivity index (χ2n) is 4.34. The topological polar surface area (TPSA) is 75.4 Å². The molecule has 0 spiro atoms. The summed E-state index contributed by atoms with van der Waals surface area (Å²) in [5, 5.41) is 2.77. The van der Waals surface area contributed by atoms with E-state index in [1.54, 1.807) is 11.8 Å². The zero-order valence-corrected chi connectivity index (χ0v) is 10.7. The van der Waals surface area contributed by atoms with Crippen LogP contribution >= 0.6 is 12.4 Å². The zero-order chi connectivity index (χ0) is 11.6. The molecular weight excluding hydrogens is 230 g/mol. The van der Waals surface area contributed by atoms with Crippen molar-refractivity contribution in [1.82, 2.24) is 10.2 Å². The molecule has 0 aromatic carbocycles. The lowest BCUT2D eigenvalue weighted by Crippen LogP contribution is -2.45. The molecule has 0 aromatic heterocycles. The molecule has 5 nitrogen and oxygen atoms in total. The molecule has 94 valence electrons. The Morgan fingerprint density at radius 3 is 2.44 bits per heavy atom. The van der Waals surface area contributed by atoms with Gasteiger partial charge in [-0.25, -0.2) is 0 Å². The van der Waals surface area contributed by atoms with E-state index in [2.05, 4.69) is 5.32 Å². The fourth-order valence-corrected chi connectivity index (χ4v) is 1.66. The molecule has 2 atom stereocenters. The van der Waals surface area contributed by atoms with Crippen molar-refractivity contribution >= 4 is 24.2 Å². The van der Waals surface area contributed by atoms with Crippen molar-refractivity contribution in [2.24, 2.45) is 5.73 Å². The number of carbonyl (C=O) groups is 2. The smallest absolute Gasteiger partial charge is 0.236 e. The average Bonchev–Trinajstić information content (AvgIpc) is 2.46. The number of nitrogens with one attached hydrogen (secondary N) is 1. The predicted octanol–water partition coefficient (Wildman–Crippen LogP) is -0.119. The highest BCUT2D eigenvalue weighted by Crippen LogP contribution is 2.14. The Morgan fingerprint density at radius 2 is 2.06 bits per heavy atom. The van der Waals surface area contributed by atoms with Crippen molar-refractivity contribution in [2.75, 3.05) is 6.54 Å². The van der Waals surface area contributed by atoms with Gasteiger partial charge in [0.05, 0.1) is 12.1 Å². The Bertz CT molecular complexity index is 269. The number of carbonyl (C=O) groups excluding carboxylic acids is 2. The first-order valence-electron chi connectivity index (χ1n) is 5.27. The second kappa shape index (κ2) is 6.06. The summed E-state index contributed by atoms with van der Waals surface area (Å²) in [5.74, 6) is -0.0987. The lowest BCUT2D eigenvalue weighted by molar-refractivity contribution is -0.129. The molecule has 0 saturated carbocycles.